The Hall–Kier alpha value is -3.13. The van der Waals surface area contributed by atoms with Crippen molar-refractivity contribution in [3.8, 4) is 23.2 Å². The molecular weight excluding hydrogens is 349 g/mol. The molecule has 3 rings (SSSR count). The van der Waals surface area contributed by atoms with Gasteiger partial charge in [0.2, 0.25) is 0 Å². The topological polar surface area (TPSA) is 25.8 Å². The summed E-state index contributed by atoms with van der Waals surface area (Å²) in [6.07, 6.45) is 4.14. The summed E-state index contributed by atoms with van der Waals surface area (Å²) in [5.41, 5.74) is 1.87. The normalized spacial score (nSPS) is 10.4. The van der Waals surface area contributed by atoms with Crippen LogP contribution in [0.1, 0.15) is 35.6 Å². The SMILES string of the molecule is CCCc1ccc(C#Cc2cnc(-c3ccc(C)c(F)c3)nc2)c(F)c1F. The maximum atomic E-state index is 14.1. The Balaban J connectivity index is 1.84. The molecule has 0 spiro atoms. The van der Waals surface area contributed by atoms with Gasteiger partial charge in [0.25, 0.3) is 0 Å². The number of hydrogen-bond donors (Lipinski definition) is 0. The monoisotopic (exact) mass is 366 g/mol. The molecule has 0 unspecified atom stereocenters. The second kappa shape index (κ2) is 8.05. The van der Waals surface area contributed by atoms with Crippen LogP contribution in [0.15, 0.2) is 42.7 Å². The first-order chi connectivity index (χ1) is 13.0. The van der Waals surface area contributed by atoms with Crippen LogP contribution in [0.25, 0.3) is 11.4 Å². The van der Waals surface area contributed by atoms with Gasteiger partial charge in [0, 0.05) is 18.0 Å². The molecule has 0 aliphatic rings. The number of aryl methyl sites for hydroxylation is 2. The summed E-state index contributed by atoms with van der Waals surface area (Å²) in [7, 11) is 0. The molecule has 0 amide bonds. The summed E-state index contributed by atoms with van der Waals surface area (Å²) in [6.45, 7) is 3.58. The van der Waals surface area contributed by atoms with Crippen molar-refractivity contribution in [1.82, 2.24) is 9.97 Å². The van der Waals surface area contributed by atoms with E-state index in [4.69, 9.17) is 0 Å². The first-order valence-electron chi connectivity index (χ1n) is 8.57. The Morgan fingerprint density at radius 2 is 1.67 bits per heavy atom. The van der Waals surface area contributed by atoms with E-state index >= 15 is 0 Å². The van der Waals surface area contributed by atoms with Crippen LogP contribution in [0.5, 0.6) is 0 Å². The van der Waals surface area contributed by atoms with Gasteiger partial charge in [0.1, 0.15) is 5.82 Å². The van der Waals surface area contributed by atoms with Crippen molar-refractivity contribution in [2.45, 2.75) is 26.7 Å². The molecule has 3 aromatic rings. The van der Waals surface area contributed by atoms with Gasteiger partial charge in [-0.05, 0) is 36.6 Å². The summed E-state index contributed by atoms with van der Waals surface area (Å²) in [5.74, 6) is 3.57. The minimum Gasteiger partial charge on any atom is -0.235 e. The Morgan fingerprint density at radius 3 is 2.33 bits per heavy atom. The Morgan fingerprint density at radius 1 is 0.926 bits per heavy atom. The van der Waals surface area contributed by atoms with Crippen molar-refractivity contribution in [2.75, 3.05) is 0 Å². The van der Waals surface area contributed by atoms with Crippen molar-refractivity contribution in [1.29, 1.82) is 0 Å². The van der Waals surface area contributed by atoms with Crippen molar-refractivity contribution in [2.24, 2.45) is 0 Å². The van der Waals surface area contributed by atoms with Gasteiger partial charge in [0.05, 0.1) is 11.1 Å². The Labute approximate surface area is 156 Å². The van der Waals surface area contributed by atoms with Gasteiger partial charge in [-0.25, -0.2) is 23.1 Å². The molecule has 136 valence electrons. The van der Waals surface area contributed by atoms with Crippen LogP contribution in [0.2, 0.25) is 0 Å². The van der Waals surface area contributed by atoms with Gasteiger partial charge in [0.15, 0.2) is 17.5 Å². The molecule has 0 aliphatic carbocycles. The van der Waals surface area contributed by atoms with Crippen LogP contribution < -0.4 is 0 Å². The minimum absolute atomic E-state index is 0.0166. The molecule has 1 heterocycles. The molecule has 0 radical (unpaired) electrons. The molecule has 0 saturated heterocycles. The lowest BCUT2D eigenvalue weighted by molar-refractivity contribution is 0.496. The molecule has 0 bridgehead atoms. The van der Waals surface area contributed by atoms with Crippen LogP contribution in [-0.4, -0.2) is 9.97 Å². The van der Waals surface area contributed by atoms with Gasteiger partial charge in [-0.2, -0.15) is 0 Å². The molecule has 27 heavy (non-hydrogen) atoms. The number of halogens is 3. The van der Waals surface area contributed by atoms with Crippen LogP contribution in [0.4, 0.5) is 13.2 Å². The van der Waals surface area contributed by atoms with E-state index in [1.807, 2.05) is 6.92 Å². The standard InChI is InChI=1S/C22H17F3N2/c1-3-4-16-9-10-17(21(25)20(16)24)8-6-15-12-26-22(27-13-15)18-7-5-14(2)19(23)11-18/h5,7,9-13H,3-4H2,1-2H3. The minimum atomic E-state index is -0.943. The maximum Gasteiger partial charge on any atom is 0.174 e. The molecule has 0 N–H and O–H groups in total. The van der Waals surface area contributed by atoms with E-state index in [0.717, 1.165) is 6.42 Å². The Bertz CT molecular complexity index is 1030. The largest absolute Gasteiger partial charge is 0.235 e. The van der Waals surface area contributed by atoms with Crippen molar-refractivity contribution in [3.05, 3.63) is 82.4 Å². The van der Waals surface area contributed by atoms with Crippen molar-refractivity contribution in [3.63, 3.8) is 0 Å². The van der Waals surface area contributed by atoms with Gasteiger partial charge in [-0.1, -0.05) is 43.4 Å². The van der Waals surface area contributed by atoms with E-state index in [2.05, 4.69) is 21.8 Å². The average Bonchev–Trinajstić information content (AvgIpc) is 2.68. The first-order valence-corrected chi connectivity index (χ1v) is 8.57. The van der Waals surface area contributed by atoms with Crippen LogP contribution in [0, 0.1) is 36.2 Å². The zero-order valence-electron chi connectivity index (χ0n) is 15.0. The van der Waals surface area contributed by atoms with Gasteiger partial charge in [-0.15, -0.1) is 0 Å². The molecule has 2 aromatic carbocycles. The predicted molar refractivity (Wildman–Crippen MR) is 98.5 cm³/mol. The summed E-state index contributed by atoms with van der Waals surface area (Å²) >= 11 is 0. The highest BCUT2D eigenvalue weighted by Crippen LogP contribution is 2.19. The lowest BCUT2D eigenvalue weighted by Gasteiger charge is -2.03. The predicted octanol–water partition coefficient (Wildman–Crippen LogP) is 5.22. The lowest BCUT2D eigenvalue weighted by atomic mass is 10.1. The molecule has 0 fully saturated rings. The second-order valence-corrected chi connectivity index (χ2v) is 6.16. The third-order valence-corrected chi connectivity index (χ3v) is 4.11. The fourth-order valence-electron chi connectivity index (χ4n) is 2.56. The molecule has 2 nitrogen and oxygen atoms in total. The van der Waals surface area contributed by atoms with Gasteiger partial charge < -0.3 is 0 Å². The van der Waals surface area contributed by atoms with E-state index in [1.54, 1.807) is 25.1 Å². The summed E-state index contributed by atoms with van der Waals surface area (Å²) in [4.78, 5) is 8.32. The van der Waals surface area contributed by atoms with Gasteiger partial charge >= 0.3 is 0 Å². The number of benzene rings is 2. The summed E-state index contributed by atoms with van der Waals surface area (Å²) < 4.78 is 41.7. The van der Waals surface area contributed by atoms with E-state index < -0.39 is 11.6 Å². The molecule has 5 heteroatoms. The first kappa shape index (κ1) is 18.7. The van der Waals surface area contributed by atoms with E-state index in [-0.39, 0.29) is 11.4 Å². The average molecular weight is 366 g/mol. The fraction of sp³-hybridized carbons (Fsp3) is 0.182. The third-order valence-electron chi connectivity index (χ3n) is 4.11. The number of aromatic nitrogens is 2. The highest BCUT2D eigenvalue weighted by atomic mass is 19.2. The molecular formula is C22H17F3N2. The van der Waals surface area contributed by atoms with E-state index in [0.29, 0.717) is 34.5 Å². The quantitative estimate of drug-likeness (QED) is 0.594. The highest BCUT2D eigenvalue weighted by molar-refractivity contribution is 5.56. The zero-order chi connectivity index (χ0) is 19.4. The van der Waals surface area contributed by atoms with Crippen LogP contribution >= 0.6 is 0 Å². The summed E-state index contributed by atoms with van der Waals surface area (Å²) in [5, 5.41) is 0. The van der Waals surface area contributed by atoms with Crippen LogP contribution in [0.3, 0.4) is 0 Å². The molecule has 0 saturated carbocycles. The van der Waals surface area contributed by atoms with E-state index in [1.165, 1.54) is 24.5 Å². The summed E-state index contributed by atoms with van der Waals surface area (Å²) in [6, 6.07) is 7.78. The molecule has 0 aliphatic heterocycles. The molecule has 0 atom stereocenters. The smallest absolute Gasteiger partial charge is 0.174 e. The Kier molecular flexibility index (Phi) is 5.56. The number of nitrogens with zero attached hydrogens (tertiary/aromatic N) is 2. The third kappa shape index (κ3) is 4.17. The highest BCUT2D eigenvalue weighted by Gasteiger charge is 2.11. The lowest BCUT2D eigenvalue weighted by Crippen LogP contribution is -1.97. The van der Waals surface area contributed by atoms with E-state index in [9.17, 15) is 13.2 Å². The van der Waals surface area contributed by atoms with Gasteiger partial charge in [-0.3, -0.25) is 0 Å². The fourth-order valence-corrected chi connectivity index (χ4v) is 2.56. The van der Waals surface area contributed by atoms with Crippen molar-refractivity contribution < 1.29 is 13.2 Å². The number of hydrogen-bond acceptors (Lipinski definition) is 2. The van der Waals surface area contributed by atoms with Crippen LogP contribution in [-0.2, 0) is 6.42 Å². The second-order valence-electron chi connectivity index (χ2n) is 6.16. The zero-order valence-corrected chi connectivity index (χ0v) is 15.0. The number of rotatable bonds is 3. The molecule has 1 aromatic heterocycles. The maximum absolute atomic E-state index is 14.1. The van der Waals surface area contributed by atoms with Crippen molar-refractivity contribution >= 4 is 0 Å².